The highest BCUT2D eigenvalue weighted by Crippen LogP contribution is 2.56. The number of rotatable bonds is 0. The lowest BCUT2D eigenvalue weighted by Crippen LogP contribution is -2.34. The molecule has 0 bridgehead atoms. The van der Waals surface area contributed by atoms with E-state index in [1.165, 1.54) is 0 Å². The van der Waals surface area contributed by atoms with Crippen LogP contribution in [0.15, 0.2) is 48.5 Å². The molecule has 33 heavy (non-hydrogen) atoms. The summed E-state index contributed by atoms with van der Waals surface area (Å²) in [6.07, 6.45) is 0.560. The third kappa shape index (κ3) is 1.76. The van der Waals surface area contributed by atoms with Gasteiger partial charge in [-0.1, -0.05) is 43.3 Å². The zero-order chi connectivity index (χ0) is 22.4. The molecule has 2 amide bonds. The zero-order valence-corrected chi connectivity index (χ0v) is 17.5. The van der Waals surface area contributed by atoms with E-state index < -0.39 is 11.3 Å². The van der Waals surface area contributed by atoms with Gasteiger partial charge < -0.3 is 0 Å². The van der Waals surface area contributed by atoms with Gasteiger partial charge in [0.2, 0.25) is 0 Å². The third-order valence-corrected chi connectivity index (χ3v) is 8.17. The number of nitrogens with one attached hydrogen (secondary N) is 1. The van der Waals surface area contributed by atoms with Crippen molar-refractivity contribution in [1.82, 2.24) is 5.32 Å². The van der Waals surface area contributed by atoms with E-state index in [4.69, 9.17) is 0 Å². The van der Waals surface area contributed by atoms with Crippen LogP contribution in [0.1, 0.15) is 43.6 Å². The van der Waals surface area contributed by atoms with Gasteiger partial charge in [-0.2, -0.15) is 0 Å². The molecule has 0 aromatic heterocycles. The Morgan fingerprint density at radius 2 is 1.18 bits per heavy atom. The van der Waals surface area contributed by atoms with Gasteiger partial charge in [-0.25, -0.2) is 0 Å². The molecule has 2 unspecified atom stereocenters. The van der Waals surface area contributed by atoms with Crippen molar-refractivity contribution < 1.29 is 19.2 Å². The fraction of sp³-hybridized carbons (Fsp3) is 0.143. The molecule has 5 aromatic rings. The van der Waals surface area contributed by atoms with Crippen LogP contribution in [0.2, 0.25) is 0 Å². The lowest BCUT2D eigenvalue weighted by molar-refractivity contribution is -0.113. The fourth-order valence-electron chi connectivity index (χ4n) is 6.53. The summed E-state index contributed by atoms with van der Waals surface area (Å²) in [5.41, 5.74) is 2.03. The average molecular weight is 429 g/mol. The smallest absolute Gasteiger partial charge is 0.258 e. The Morgan fingerprint density at radius 3 is 1.79 bits per heavy atom. The largest absolute Gasteiger partial charge is 0.298 e. The van der Waals surface area contributed by atoms with Crippen molar-refractivity contribution in [3.05, 3.63) is 70.8 Å². The highest BCUT2D eigenvalue weighted by atomic mass is 16.2. The van der Waals surface area contributed by atoms with Gasteiger partial charge in [0.1, 0.15) is 0 Å². The number of amides is 2. The lowest BCUT2D eigenvalue weighted by atomic mass is 9.83. The van der Waals surface area contributed by atoms with Crippen LogP contribution in [-0.4, -0.2) is 23.4 Å². The van der Waals surface area contributed by atoms with Crippen molar-refractivity contribution in [2.24, 2.45) is 11.3 Å². The van der Waals surface area contributed by atoms with E-state index in [0.717, 1.165) is 43.3 Å². The number of imide groups is 1. The maximum absolute atomic E-state index is 13.4. The summed E-state index contributed by atoms with van der Waals surface area (Å²) in [5.74, 6) is -1.35. The molecule has 0 spiro atoms. The molecule has 156 valence electrons. The molecule has 1 fully saturated rings. The second-order valence-electron chi connectivity index (χ2n) is 9.79. The zero-order valence-electron chi connectivity index (χ0n) is 17.5. The Bertz CT molecular complexity index is 1800. The molecule has 0 saturated heterocycles. The first-order chi connectivity index (χ1) is 15.9. The van der Waals surface area contributed by atoms with Gasteiger partial charge in [0.15, 0.2) is 11.6 Å². The second-order valence-corrected chi connectivity index (χ2v) is 9.79. The molecule has 2 aliphatic carbocycles. The number of carbonyl (C=O) groups excluding carboxylic acids is 4. The first kappa shape index (κ1) is 17.4. The van der Waals surface area contributed by atoms with E-state index in [-0.39, 0.29) is 23.4 Å². The van der Waals surface area contributed by atoms with E-state index >= 15 is 0 Å². The van der Waals surface area contributed by atoms with Crippen LogP contribution in [0.4, 0.5) is 0 Å². The van der Waals surface area contributed by atoms with Crippen LogP contribution in [0.3, 0.4) is 0 Å². The molecule has 5 heteroatoms. The van der Waals surface area contributed by atoms with E-state index in [9.17, 15) is 19.2 Å². The lowest BCUT2D eigenvalue weighted by Gasteiger charge is -2.22. The summed E-state index contributed by atoms with van der Waals surface area (Å²) < 4.78 is 0. The van der Waals surface area contributed by atoms with Crippen molar-refractivity contribution in [2.45, 2.75) is 13.3 Å². The minimum absolute atomic E-state index is 0.0409. The van der Waals surface area contributed by atoms with Gasteiger partial charge in [0, 0.05) is 27.5 Å². The maximum Gasteiger partial charge on any atom is 0.258 e. The number of hydrogen-bond acceptors (Lipinski definition) is 4. The monoisotopic (exact) mass is 429 g/mol. The Morgan fingerprint density at radius 1 is 0.667 bits per heavy atom. The van der Waals surface area contributed by atoms with Crippen molar-refractivity contribution >= 4 is 66.5 Å². The maximum atomic E-state index is 13.4. The number of Topliss-reactive ketones (excluding diaryl/α,β-unsaturated/α-hetero) is 2. The standard InChI is InChI=1S/C28H15NO4/c1-28-10-11-2-3-12-14-5-8-17-22-18(27(33)29-26(17)32)9-6-15(21(14)22)13-4-7-16(19(11)20(12)13)24(30)23(28)25(28)31/h2-9,23H,10H2,1H3,(H,29,32,33). The summed E-state index contributed by atoms with van der Waals surface area (Å²) in [7, 11) is 0. The first-order valence-corrected chi connectivity index (χ1v) is 11.0. The summed E-state index contributed by atoms with van der Waals surface area (Å²) >= 11 is 0. The summed E-state index contributed by atoms with van der Waals surface area (Å²) in [5, 5.41) is 9.83. The molecule has 1 heterocycles. The van der Waals surface area contributed by atoms with E-state index in [1.54, 1.807) is 12.1 Å². The van der Waals surface area contributed by atoms with Gasteiger partial charge in [-0.05, 0) is 61.8 Å². The summed E-state index contributed by atoms with van der Waals surface area (Å²) in [4.78, 5) is 51.0. The molecule has 1 N–H and O–H groups in total. The molecular weight excluding hydrogens is 414 g/mol. The molecule has 1 saturated carbocycles. The highest BCUT2D eigenvalue weighted by molar-refractivity contribution is 6.40. The molecule has 2 atom stereocenters. The van der Waals surface area contributed by atoms with Crippen LogP contribution >= 0.6 is 0 Å². The van der Waals surface area contributed by atoms with Crippen molar-refractivity contribution in [3.8, 4) is 0 Å². The Hall–Kier alpha value is -4.12. The van der Waals surface area contributed by atoms with Crippen molar-refractivity contribution in [2.75, 3.05) is 0 Å². The summed E-state index contributed by atoms with van der Waals surface area (Å²) in [6, 6.07) is 15.3. The minimum Gasteiger partial charge on any atom is -0.298 e. The molecule has 5 aromatic carbocycles. The van der Waals surface area contributed by atoms with Crippen LogP contribution < -0.4 is 5.32 Å². The van der Waals surface area contributed by atoms with E-state index in [0.29, 0.717) is 28.5 Å². The van der Waals surface area contributed by atoms with Gasteiger partial charge in [0.05, 0.1) is 5.92 Å². The normalized spacial score (nSPS) is 23.5. The molecule has 8 rings (SSSR count). The van der Waals surface area contributed by atoms with Crippen LogP contribution in [0.5, 0.6) is 0 Å². The van der Waals surface area contributed by atoms with Crippen LogP contribution in [0, 0.1) is 11.3 Å². The van der Waals surface area contributed by atoms with Gasteiger partial charge >= 0.3 is 0 Å². The first-order valence-electron chi connectivity index (χ1n) is 11.0. The fourth-order valence-corrected chi connectivity index (χ4v) is 6.53. The average Bonchev–Trinajstić information content (AvgIpc) is 3.37. The van der Waals surface area contributed by atoms with Gasteiger partial charge in [-0.3, -0.25) is 24.5 Å². The Kier molecular flexibility index (Phi) is 2.69. The highest BCUT2D eigenvalue weighted by Gasteiger charge is 2.65. The minimum atomic E-state index is -0.610. The number of carbonyl (C=O) groups is 4. The summed E-state index contributed by atoms with van der Waals surface area (Å²) in [6.45, 7) is 1.90. The topological polar surface area (TPSA) is 80.3 Å². The van der Waals surface area contributed by atoms with Crippen LogP contribution in [-0.2, 0) is 11.2 Å². The number of hydrogen-bond donors (Lipinski definition) is 1. The van der Waals surface area contributed by atoms with Gasteiger partial charge in [0.25, 0.3) is 11.8 Å². The number of fused-ring (bicyclic) bond motifs is 3. The van der Waals surface area contributed by atoms with Crippen molar-refractivity contribution in [1.29, 1.82) is 0 Å². The van der Waals surface area contributed by atoms with Gasteiger partial charge in [-0.15, -0.1) is 0 Å². The van der Waals surface area contributed by atoms with E-state index in [1.807, 2.05) is 37.3 Å². The van der Waals surface area contributed by atoms with Crippen LogP contribution in [0.25, 0.3) is 43.1 Å². The third-order valence-electron chi connectivity index (χ3n) is 8.17. The molecule has 0 radical (unpaired) electrons. The predicted molar refractivity (Wildman–Crippen MR) is 124 cm³/mol. The number of ketones is 2. The Balaban J connectivity index is 1.61. The molecular formula is C28H15NO4. The number of benzene rings is 5. The quantitative estimate of drug-likeness (QED) is 0.169. The predicted octanol–water partition coefficient (Wildman–Crippen LogP) is 4.56. The molecule has 1 aliphatic heterocycles. The van der Waals surface area contributed by atoms with E-state index in [2.05, 4.69) is 11.4 Å². The molecule has 5 nitrogen and oxygen atoms in total. The molecule has 3 aliphatic rings. The SMILES string of the molecule is CC12Cc3ccc4c5ccc6c7c(ccc(c8ccc(c3c48)C(=O)C1C2=O)c75)C(=O)NC6=O. The second kappa shape index (κ2) is 5.09. The Labute approximate surface area is 186 Å². The van der Waals surface area contributed by atoms with Crippen molar-refractivity contribution in [3.63, 3.8) is 0 Å².